The van der Waals surface area contributed by atoms with E-state index < -0.39 is 11.9 Å². The second-order valence-electron chi connectivity index (χ2n) is 11.4. The maximum absolute atomic E-state index is 13.1. The lowest BCUT2D eigenvalue weighted by atomic mass is 9.58. The molecule has 1 atom stereocenters. The van der Waals surface area contributed by atoms with Gasteiger partial charge in [-0.05, 0) is 73.4 Å². The molecule has 9 heteroatoms. The number of benzene rings is 2. The van der Waals surface area contributed by atoms with E-state index in [0.29, 0.717) is 35.5 Å². The van der Waals surface area contributed by atoms with E-state index in [-0.39, 0.29) is 35.5 Å². The van der Waals surface area contributed by atoms with Crippen molar-refractivity contribution in [2.45, 2.75) is 51.1 Å². The normalized spacial score (nSPS) is 21.8. The van der Waals surface area contributed by atoms with Crippen LogP contribution < -0.4 is 15.8 Å². The molecular formula is C31H32N4O5. The fraction of sp³-hybridized carbons (Fsp3) is 0.419. The monoisotopic (exact) mass is 540 g/mol. The average molecular weight is 541 g/mol. The maximum Gasteiger partial charge on any atom is 0.255 e. The Kier molecular flexibility index (Phi) is 6.49. The Balaban J connectivity index is 1.06. The number of rotatable bonds is 3. The van der Waals surface area contributed by atoms with Gasteiger partial charge >= 0.3 is 0 Å². The Hall–Kier alpha value is -4.32. The summed E-state index contributed by atoms with van der Waals surface area (Å²) in [5.41, 5.74) is 9.47. The summed E-state index contributed by atoms with van der Waals surface area (Å²) in [6, 6.07) is 10.1. The molecule has 6 rings (SSSR count). The minimum absolute atomic E-state index is 0.00245. The van der Waals surface area contributed by atoms with Gasteiger partial charge in [-0.3, -0.25) is 24.5 Å². The summed E-state index contributed by atoms with van der Waals surface area (Å²) in [6.45, 7) is 1.76. The zero-order valence-electron chi connectivity index (χ0n) is 22.5. The highest BCUT2D eigenvalue weighted by Crippen LogP contribution is 2.52. The van der Waals surface area contributed by atoms with Gasteiger partial charge in [-0.15, -0.1) is 0 Å². The number of nitrogens with two attached hydrogens (primary N) is 1. The highest BCUT2D eigenvalue weighted by atomic mass is 16.5. The van der Waals surface area contributed by atoms with Crippen molar-refractivity contribution in [1.29, 1.82) is 0 Å². The zero-order chi connectivity index (χ0) is 28.0. The molecule has 9 nitrogen and oxygen atoms in total. The minimum atomic E-state index is -0.635. The molecule has 40 heavy (non-hydrogen) atoms. The van der Waals surface area contributed by atoms with Crippen LogP contribution in [0.1, 0.15) is 70.4 Å². The van der Waals surface area contributed by atoms with E-state index in [1.807, 2.05) is 17.0 Å². The van der Waals surface area contributed by atoms with Gasteiger partial charge in [0.2, 0.25) is 11.8 Å². The highest BCUT2D eigenvalue weighted by Gasteiger charge is 2.46. The number of carbonyl (C=O) groups is 4. The lowest BCUT2D eigenvalue weighted by molar-refractivity contribution is -0.136. The van der Waals surface area contributed by atoms with E-state index in [9.17, 15) is 19.2 Å². The first-order valence-electron chi connectivity index (χ1n) is 13.8. The fourth-order valence-electron chi connectivity index (χ4n) is 6.59. The molecule has 2 aromatic rings. The molecule has 1 aliphatic carbocycles. The van der Waals surface area contributed by atoms with Gasteiger partial charge in [-0.2, -0.15) is 0 Å². The standard InChI is InChI=1S/C31H32N4O5/c1-40-26-15-21(7-8-24(26)32)29(38)34-13-11-31(12-14-34)16-19(17-31)5-6-20-3-2-4-22-23(20)18-35(30(22)39)25-9-10-27(36)33-28(25)37/h2-4,7-8,15,19,25H,9-14,16-18,32H2,1H3,(H,33,36,37). The number of nitrogen functional groups attached to an aromatic ring is 1. The second kappa shape index (κ2) is 10.0. The van der Waals surface area contributed by atoms with E-state index in [2.05, 4.69) is 17.2 Å². The molecule has 0 bridgehead atoms. The summed E-state index contributed by atoms with van der Waals surface area (Å²) in [6.07, 6.45) is 4.50. The Bertz CT molecular complexity index is 1470. The van der Waals surface area contributed by atoms with Crippen molar-refractivity contribution in [1.82, 2.24) is 15.1 Å². The largest absolute Gasteiger partial charge is 0.495 e. The molecule has 3 fully saturated rings. The average Bonchev–Trinajstić information content (AvgIpc) is 3.27. The van der Waals surface area contributed by atoms with Gasteiger partial charge in [0, 0.05) is 48.7 Å². The van der Waals surface area contributed by atoms with Crippen LogP contribution in [0.5, 0.6) is 5.75 Å². The summed E-state index contributed by atoms with van der Waals surface area (Å²) in [4.78, 5) is 53.5. The lowest BCUT2D eigenvalue weighted by Crippen LogP contribution is -2.52. The van der Waals surface area contributed by atoms with Crippen LogP contribution in [0.25, 0.3) is 0 Å². The number of anilines is 1. The van der Waals surface area contributed by atoms with Crippen LogP contribution >= 0.6 is 0 Å². The van der Waals surface area contributed by atoms with Gasteiger partial charge in [0.1, 0.15) is 11.8 Å². The third-order valence-corrected chi connectivity index (χ3v) is 8.94. The van der Waals surface area contributed by atoms with Crippen LogP contribution in [0.2, 0.25) is 0 Å². The number of methoxy groups -OCH3 is 1. The van der Waals surface area contributed by atoms with Crippen molar-refractivity contribution >= 4 is 29.3 Å². The van der Waals surface area contributed by atoms with Crippen LogP contribution in [-0.4, -0.2) is 59.7 Å². The first-order chi connectivity index (χ1) is 19.3. The summed E-state index contributed by atoms with van der Waals surface area (Å²) in [7, 11) is 1.54. The molecule has 1 spiro atoms. The van der Waals surface area contributed by atoms with Crippen molar-refractivity contribution in [2.75, 3.05) is 25.9 Å². The number of carbonyl (C=O) groups excluding carboxylic acids is 4. The Morgan fingerprint density at radius 3 is 2.62 bits per heavy atom. The van der Waals surface area contributed by atoms with Crippen molar-refractivity contribution in [3.8, 4) is 17.6 Å². The van der Waals surface area contributed by atoms with E-state index in [0.717, 1.165) is 49.9 Å². The first kappa shape index (κ1) is 25.9. The Morgan fingerprint density at radius 2 is 1.90 bits per heavy atom. The predicted octanol–water partition coefficient (Wildman–Crippen LogP) is 2.72. The van der Waals surface area contributed by atoms with Gasteiger partial charge in [0.25, 0.3) is 11.8 Å². The van der Waals surface area contributed by atoms with Gasteiger partial charge in [0.15, 0.2) is 0 Å². The molecule has 3 aliphatic heterocycles. The number of fused-ring (bicyclic) bond motifs is 1. The minimum Gasteiger partial charge on any atom is -0.495 e. The third kappa shape index (κ3) is 4.57. The summed E-state index contributed by atoms with van der Waals surface area (Å²) in [5, 5.41) is 2.34. The van der Waals surface area contributed by atoms with Crippen molar-refractivity contribution in [2.24, 2.45) is 11.3 Å². The molecule has 1 unspecified atom stereocenters. The summed E-state index contributed by atoms with van der Waals surface area (Å²) >= 11 is 0. The highest BCUT2D eigenvalue weighted by molar-refractivity contribution is 6.05. The van der Waals surface area contributed by atoms with E-state index >= 15 is 0 Å². The quantitative estimate of drug-likeness (QED) is 0.351. The number of likely N-dealkylation sites (tertiary alicyclic amines) is 1. The molecule has 3 N–H and O–H groups in total. The van der Waals surface area contributed by atoms with E-state index in [1.165, 1.54) is 0 Å². The number of nitrogens with one attached hydrogen (secondary N) is 1. The lowest BCUT2D eigenvalue weighted by Gasteiger charge is -2.50. The number of ether oxygens (including phenoxy) is 1. The molecule has 206 valence electrons. The number of imide groups is 1. The van der Waals surface area contributed by atoms with E-state index in [4.69, 9.17) is 10.5 Å². The molecule has 4 aliphatic rings. The van der Waals surface area contributed by atoms with Crippen molar-refractivity contribution < 1.29 is 23.9 Å². The number of piperidine rings is 2. The van der Waals surface area contributed by atoms with Crippen LogP contribution in [0.3, 0.4) is 0 Å². The molecule has 3 heterocycles. The Morgan fingerprint density at radius 1 is 1.12 bits per heavy atom. The molecule has 1 saturated carbocycles. The second-order valence-corrected chi connectivity index (χ2v) is 11.4. The molecule has 4 amide bonds. The third-order valence-electron chi connectivity index (χ3n) is 8.94. The van der Waals surface area contributed by atoms with Gasteiger partial charge < -0.3 is 20.3 Å². The van der Waals surface area contributed by atoms with Crippen molar-refractivity contribution in [3.05, 3.63) is 58.7 Å². The van der Waals surface area contributed by atoms with Crippen LogP contribution in [0.15, 0.2) is 36.4 Å². The Labute approximate surface area is 233 Å². The summed E-state index contributed by atoms with van der Waals surface area (Å²) < 4.78 is 5.27. The molecule has 0 aromatic heterocycles. The van der Waals surface area contributed by atoms with Gasteiger partial charge in [-0.1, -0.05) is 17.9 Å². The first-order valence-corrected chi connectivity index (χ1v) is 13.8. The number of amides is 4. The van der Waals surface area contributed by atoms with Crippen LogP contribution in [0.4, 0.5) is 5.69 Å². The molecule has 0 radical (unpaired) electrons. The van der Waals surface area contributed by atoms with Crippen molar-refractivity contribution in [3.63, 3.8) is 0 Å². The predicted molar refractivity (Wildman–Crippen MR) is 147 cm³/mol. The SMILES string of the molecule is COc1cc(C(=O)N2CCC3(CC2)CC(C#Cc2cccc4c2CN(C2CCC(=O)NC2=O)C4=O)C3)ccc1N. The maximum atomic E-state index is 13.1. The molecule has 2 saturated heterocycles. The van der Waals surface area contributed by atoms with E-state index in [1.54, 1.807) is 36.3 Å². The zero-order valence-corrected chi connectivity index (χ0v) is 22.5. The molecular weight excluding hydrogens is 508 g/mol. The summed E-state index contributed by atoms with van der Waals surface area (Å²) in [5.74, 6) is 6.65. The number of hydrogen-bond donors (Lipinski definition) is 2. The number of hydrogen-bond acceptors (Lipinski definition) is 6. The fourth-order valence-corrected chi connectivity index (χ4v) is 6.59. The smallest absolute Gasteiger partial charge is 0.255 e. The topological polar surface area (TPSA) is 122 Å². The van der Waals surface area contributed by atoms with Crippen LogP contribution in [0, 0.1) is 23.2 Å². The van der Waals surface area contributed by atoms with Gasteiger partial charge in [-0.25, -0.2) is 0 Å². The van der Waals surface area contributed by atoms with Crippen LogP contribution in [-0.2, 0) is 16.1 Å². The number of nitrogens with zero attached hydrogens (tertiary/aromatic N) is 2. The van der Waals surface area contributed by atoms with Gasteiger partial charge in [0.05, 0.1) is 12.8 Å². The molecule has 2 aromatic carbocycles.